The fraction of sp³-hybridized carbons (Fsp3) is 0.467. The normalized spacial score (nSPS) is 15.5. The number of nitrogens with zero attached hydrogens (tertiary/aromatic N) is 2. The Morgan fingerprint density at radius 2 is 1.77 bits per heavy atom. The van der Waals surface area contributed by atoms with Crippen molar-refractivity contribution in [2.24, 2.45) is 11.1 Å². The number of pyridine rings is 1. The number of aromatic nitrogens is 1. The van der Waals surface area contributed by atoms with Crippen molar-refractivity contribution < 1.29 is 27.8 Å². The lowest BCUT2D eigenvalue weighted by Gasteiger charge is -2.41. The molecular formula is C30H36F3N3O3. The number of hydrogen-bond donors (Lipinski definition) is 2. The van der Waals surface area contributed by atoms with Crippen LogP contribution in [-0.2, 0) is 24.2 Å². The number of hydrogen-bond acceptors (Lipinski definition) is 5. The number of carbonyl (C=O) groups is 1. The monoisotopic (exact) mass is 543 g/mol. The smallest absolute Gasteiger partial charge is 0.303 e. The summed E-state index contributed by atoms with van der Waals surface area (Å²) in [6.07, 6.45) is 6.49. The lowest BCUT2D eigenvalue weighted by Crippen LogP contribution is -2.41. The number of ether oxygens (including phenoxy) is 1. The molecule has 1 fully saturated rings. The van der Waals surface area contributed by atoms with Gasteiger partial charge >= 0.3 is 5.97 Å². The Balaban J connectivity index is 1.37. The first kappa shape index (κ1) is 28.8. The summed E-state index contributed by atoms with van der Waals surface area (Å²) in [7, 11) is 1.63. The van der Waals surface area contributed by atoms with Crippen LogP contribution in [0.25, 0.3) is 10.9 Å². The van der Waals surface area contributed by atoms with E-state index < -0.39 is 23.4 Å². The summed E-state index contributed by atoms with van der Waals surface area (Å²) in [5.41, 5.74) is 8.61. The summed E-state index contributed by atoms with van der Waals surface area (Å²) < 4.78 is 46.5. The van der Waals surface area contributed by atoms with Gasteiger partial charge in [0, 0.05) is 35.8 Å². The van der Waals surface area contributed by atoms with Crippen molar-refractivity contribution in [3.05, 3.63) is 70.7 Å². The van der Waals surface area contributed by atoms with Crippen molar-refractivity contribution in [2.75, 3.05) is 26.7 Å². The van der Waals surface area contributed by atoms with Gasteiger partial charge in [0.15, 0.2) is 0 Å². The molecule has 0 saturated carbocycles. The quantitative estimate of drug-likeness (QED) is 0.308. The number of nitrogens with two attached hydrogens (primary N) is 1. The third-order valence-corrected chi connectivity index (χ3v) is 8.08. The molecule has 2 aromatic carbocycles. The van der Waals surface area contributed by atoms with E-state index in [2.05, 4.69) is 9.88 Å². The van der Waals surface area contributed by atoms with Gasteiger partial charge < -0.3 is 20.5 Å². The SMILES string of the molecule is COc1ccc2ncc(CN)c(CCCC3(CC(=O)O)CCN(CCCc4c(F)cc(F)cc4F)CC3)c2c1. The van der Waals surface area contributed by atoms with Gasteiger partial charge in [-0.3, -0.25) is 9.78 Å². The Morgan fingerprint density at radius 3 is 2.41 bits per heavy atom. The average Bonchev–Trinajstić information content (AvgIpc) is 2.90. The van der Waals surface area contributed by atoms with E-state index in [0.717, 1.165) is 73.0 Å². The van der Waals surface area contributed by atoms with Crippen LogP contribution in [0.5, 0.6) is 5.75 Å². The van der Waals surface area contributed by atoms with Gasteiger partial charge in [0.2, 0.25) is 0 Å². The van der Waals surface area contributed by atoms with Crippen molar-refractivity contribution >= 4 is 16.9 Å². The molecule has 0 radical (unpaired) electrons. The fourth-order valence-electron chi connectivity index (χ4n) is 5.88. The Labute approximate surface area is 227 Å². The maximum atomic E-state index is 13.9. The van der Waals surface area contributed by atoms with E-state index in [4.69, 9.17) is 10.5 Å². The van der Waals surface area contributed by atoms with Gasteiger partial charge in [-0.2, -0.15) is 0 Å². The summed E-state index contributed by atoms with van der Waals surface area (Å²) in [5, 5.41) is 10.7. The molecule has 210 valence electrons. The van der Waals surface area contributed by atoms with Crippen LogP contribution in [-0.4, -0.2) is 47.7 Å². The van der Waals surface area contributed by atoms with Gasteiger partial charge in [-0.05, 0) is 99.3 Å². The Bertz CT molecular complexity index is 1280. The summed E-state index contributed by atoms with van der Waals surface area (Å²) in [6, 6.07) is 7.20. The molecule has 1 aliphatic rings. The van der Waals surface area contributed by atoms with Crippen LogP contribution in [0, 0.1) is 22.9 Å². The number of halogens is 3. The van der Waals surface area contributed by atoms with Crippen molar-refractivity contribution in [1.29, 1.82) is 0 Å². The predicted octanol–water partition coefficient (Wildman–Crippen LogP) is 5.63. The highest BCUT2D eigenvalue weighted by atomic mass is 19.1. The van der Waals surface area contributed by atoms with Crippen LogP contribution >= 0.6 is 0 Å². The number of fused-ring (bicyclic) bond motifs is 1. The van der Waals surface area contributed by atoms with Crippen LogP contribution in [0.15, 0.2) is 36.5 Å². The maximum absolute atomic E-state index is 13.9. The van der Waals surface area contributed by atoms with Crippen molar-refractivity contribution in [3.63, 3.8) is 0 Å². The number of aliphatic carboxylic acids is 1. The number of likely N-dealkylation sites (tertiary alicyclic amines) is 1. The molecule has 2 heterocycles. The third-order valence-electron chi connectivity index (χ3n) is 8.08. The van der Waals surface area contributed by atoms with Crippen molar-refractivity contribution in [3.8, 4) is 5.75 Å². The van der Waals surface area contributed by atoms with Gasteiger partial charge in [-0.25, -0.2) is 13.2 Å². The van der Waals surface area contributed by atoms with E-state index >= 15 is 0 Å². The first-order valence-corrected chi connectivity index (χ1v) is 13.5. The average molecular weight is 544 g/mol. The first-order chi connectivity index (χ1) is 18.7. The van der Waals surface area contributed by atoms with Crippen LogP contribution in [0.1, 0.15) is 55.2 Å². The Morgan fingerprint density at radius 1 is 1.08 bits per heavy atom. The molecule has 0 atom stereocenters. The second kappa shape index (κ2) is 12.8. The number of carboxylic acids is 1. The van der Waals surface area contributed by atoms with Crippen molar-refractivity contribution in [1.82, 2.24) is 9.88 Å². The zero-order chi connectivity index (χ0) is 28.0. The molecule has 39 heavy (non-hydrogen) atoms. The molecule has 1 aliphatic heterocycles. The molecule has 6 nitrogen and oxygen atoms in total. The van der Waals surface area contributed by atoms with E-state index in [1.165, 1.54) is 0 Å². The molecule has 0 spiro atoms. The van der Waals surface area contributed by atoms with E-state index in [0.29, 0.717) is 31.6 Å². The van der Waals surface area contributed by atoms with Crippen molar-refractivity contribution in [2.45, 2.75) is 57.9 Å². The molecule has 9 heteroatoms. The van der Waals surface area contributed by atoms with Gasteiger partial charge in [0.1, 0.15) is 23.2 Å². The van der Waals surface area contributed by atoms with Crippen LogP contribution in [0.4, 0.5) is 13.2 Å². The molecule has 0 bridgehead atoms. The maximum Gasteiger partial charge on any atom is 0.303 e. The number of benzene rings is 2. The topological polar surface area (TPSA) is 88.7 Å². The number of carboxylic acid groups (broad SMARTS) is 1. The summed E-state index contributed by atoms with van der Waals surface area (Å²) in [6.45, 7) is 2.47. The zero-order valence-electron chi connectivity index (χ0n) is 22.3. The second-order valence-electron chi connectivity index (χ2n) is 10.6. The second-order valence-corrected chi connectivity index (χ2v) is 10.6. The van der Waals surface area contributed by atoms with E-state index in [1.807, 2.05) is 24.4 Å². The molecule has 0 amide bonds. The highest BCUT2D eigenvalue weighted by Gasteiger charge is 2.36. The summed E-state index contributed by atoms with van der Waals surface area (Å²) in [4.78, 5) is 18.5. The fourth-order valence-corrected chi connectivity index (χ4v) is 5.88. The molecule has 1 aromatic heterocycles. The molecule has 3 N–H and O–H groups in total. The Kier molecular flexibility index (Phi) is 9.45. The zero-order valence-corrected chi connectivity index (χ0v) is 22.3. The first-order valence-electron chi connectivity index (χ1n) is 13.5. The largest absolute Gasteiger partial charge is 0.497 e. The van der Waals surface area contributed by atoms with Crippen LogP contribution < -0.4 is 10.5 Å². The minimum Gasteiger partial charge on any atom is -0.497 e. The van der Waals surface area contributed by atoms with Gasteiger partial charge in [0.25, 0.3) is 0 Å². The number of aryl methyl sites for hydroxylation is 1. The minimum atomic E-state index is -0.921. The number of piperidine rings is 1. The van der Waals surface area contributed by atoms with Crippen LogP contribution in [0.2, 0.25) is 0 Å². The van der Waals surface area contributed by atoms with Crippen LogP contribution in [0.3, 0.4) is 0 Å². The van der Waals surface area contributed by atoms with E-state index in [-0.39, 0.29) is 23.8 Å². The highest BCUT2D eigenvalue weighted by molar-refractivity contribution is 5.84. The van der Waals surface area contributed by atoms with E-state index in [9.17, 15) is 23.1 Å². The minimum absolute atomic E-state index is 0.0910. The van der Waals surface area contributed by atoms with Gasteiger partial charge in [-0.1, -0.05) is 0 Å². The lowest BCUT2D eigenvalue weighted by molar-refractivity contribution is -0.140. The molecule has 1 saturated heterocycles. The molecular weight excluding hydrogens is 507 g/mol. The molecule has 4 rings (SSSR count). The molecule has 0 unspecified atom stereocenters. The number of rotatable bonds is 12. The lowest BCUT2D eigenvalue weighted by atomic mass is 9.71. The number of methoxy groups -OCH3 is 1. The van der Waals surface area contributed by atoms with Gasteiger partial charge in [-0.15, -0.1) is 0 Å². The van der Waals surface area contributed by atoms with E-state index in [1.54, 1.807) is 7.11 Å². The standard InChI is InChI=1S/C30H36F3N3O3/c1-39-22-6-7-28-25(16-22)23(20(18-34)19-35-28)4-2-8-30(17-29(37)38)9-12-36(13-10-30)11-3-5-24-26(32)14-21(31)15-27(24)33/h6-7,14-16,19H,2-5,8-13,17-18,34H2,1H3,(H,37,38). The molecule has 0 aliphatic carbocycles. The third kappa shape index (κ3) is 7.08. The Hall–Kier alpha value is -3.17. The van der Waals surface area contributed by atoms with Gasteiger partial charge in [0.05, 0.1) is 19.0 Å². The highest BCUT2D eigenvalue weighted by Crippen LogP contribution is 2.40. The molecule has 3 aromatic rings. The summed E-state index contributed by atoms with van der Waals surface area (Å²) in [5.74, 6) is -2.68. The predicted molar refractivity (Wildman–Crippen MR) is 144 cm³/mol. The summed E-state index contributed by atoms with van der Waals surface area (Å²) >= 11 is 0.